The minimum Gasteiger partial charge on any atom is -0.466 e. The average molecular weight is 896 g/mol. The lowest BCUT2D eigenvalue weighted by molar-refractivity contribution is -0.143. The Morgan fingerprint density at radius 3 is 1.22 bits per heavy atom. The number of amides is 1. The molecule has 0 heterocycles. The van der Waals surface area contributed by atoms with E-state index in [1.54, 1.807) is 6.08 Å². The third kappa shape index (κ3) is 49.0. The maximum atomic E-state index is 12.4. The first-order valence-corrected chi connectivity index (χ1v) is 27.6. The van der Waals surface area contributed by atoms with Crippen molar-refractivity contribution in [1.29, 1.82) is 0 Å². The fourth-order valence-corrected chi connectivity index (χ4v) is 7.99. The van der Waals surface area contributed by atoms with Crippen molar-refractivity contribution in [2.24, 2.45) is 0 Å². The van der Waals surface area contributed by atoms with Crippen molar-refractivity contribution >= 4 is 11.9 Å². The molecule has 0 aliphatic carbocycles. The van der Waals surface area contributed by atoms with Crippen LogP contribution in [0.15, 0.2) is 60.8 Å². The molecular weight excluding hydrogens is 791 g/mol. The Balaban J connectivity index is 3.53. The highest BCUT2D eigenvalue weighted by atomic mass is 16.5. The molecule has 372 valence electrons. The Hall–Kier alpha value is -2.44. The van der Waals surface area contributed by atoms with Crippen molar-refractivity contribution in [3.8, 4) is 0 Å². The van der Waals surface area contributed by atoms with Crippen LogP contribution in [-0.2, 0) is 14.3 Å². The summed E-state index contributed by atoms with van der Waals surface area (Å²) < 4.78 is 5.45. The standard InChI is InChI=1S/C58H105NO5/c1-3-5-7-9-11-13-15-17-18-20-24-28-32-36-40-44-48-52-58(63)64-53-49-45-41-37-33-29-25-22-19-21-23-27-31-35-39-43-47-51-57(62)59-55(54-60)56(61)50-46-42-38-34-30-26-16-14-12-10-8-6-4-2/h11,13,17-19,22,29,33,46,50,55-56,60-61H,3-10,12,14-16,20-21,23-28,30-32,34-45,47-49,51-54H2,1-2H3,(H,59,62)/b13-11-,18-17-,22-19-,33-29-,50-46+. The van der Waals surface area contributed by atoms with Crippen molar-refractivity contribution < 1.29 is 24.5 Å². The molecule has 0 aliphatic rings. The number of ether oxygens (including phenoxy) is 1. The fraction of sp³-hybridized carbons (Fsp3) is 0.793. The molecule has 0 bridgehead atoms. The Bertz CT molecular complexity index is 1130. The van der Waals surface area contributed by atoms with Crippen LogP contribution in [0.1, 0.15) is 271 Å². The summed E-state index contributed by atoms with van der Waals surface area (Å²) in [6.45, 7) is 4.81. The van der Waals surface area contributed by atoms with Crippen LogP contribution in [0.2, 0.25) is 0 Å². The van der Waals surface area contributed by atoms with E-state index in [-0.39, 0.29) is 18.5 Å². The molecule has 6 heteroatoms. The molecule has 0 aromatic heterocycles. The van der Waals surface area contributed by atoms with Crippen LogP contribution >= 0.6 is 0 Å². The molecule has 3 N–H and O–H groups in total. The highest BCUT2D eigenvalue weighted by Gasteiger charge is 2.18. The molecule has 0 rings (SSSR count). The van der Waals surface area contributed by atoms with Gasteiger partial charge in [0.15, 0.2) is 0 Å². The van der Waals surface area contributed by atoms with Gasteiger partial charge in [-0.05, 0) is 103 Å². The van der Waals surface area contributed by atoms with E-state index >= 15 is 0 Å². The molecule has 0 radical (unpaired) electrons. The molecule has 0 aromatic carbocycles. The van der Waals surface area contributed by atoms with Gasteiger partial charge in [0.1, 0.15) is 0 Å². The molecule has 64 heavy (non-hydrogen) atoms. The summed E-state index contributed by atoms with van der Waals surface area (Å²) in [4.78, 5) is 24.5. The highest BCUT2D eigenvalue weighted by molar-refractivity contribution is 5.76. The van der Waals surface area contributed by atoms with Crippen LogP contribution in [0.5, 0.6) is 0 Å². The van der Waals surface area contributed by atoms with Crippen LogP contribution in [0.4, 0.5) is 0 Å². The van der Waals surface area contributed by atoms with Crippen molar-refractivity contribution in [3.05, 3.63) is 60.8 Å². The molecule has 1 amide bonds. The van der Waals surface area contributed by atoms with Crippen molar-refractivity contribution in [3.63, 3.8) is 0 Å². The van der Waals surface area contributed by atoms with Crippen LogP contribution in [0, 0.1) is 0 Å². The fourth-order valence-electron chi connectivity index (χ4n) is 7.99. The maximum absolute atomic E-state index is 12.4. The van der Waals surface area contributed by atoms with E-state index in [9.17, 15) is 19.8 Å². The zero-order valence-corrected chi connectivity index (χ0v) is 42.2. The number of esters is 1. The molecule has 0 saturated heterocycles. The first kappa shape index (κ1) is 61.6. The van der Waals surface area contributed by atoms with E-state index < -0.39 is 12.1 Å². The lowest BCUT2D eigenvalue weighted by Crippen LogP contribution is -2.45. The van der Waals surface area contributed by atoms with Gasteiger partial charge in [-0.15, -0.1) is 0 Å². The van der Waals surface area contributed by atoms with Crippen molar-refractivity contribution in [1.82, 2.24) is 5.32 Å². The molecule has 2 unspecified atom stereocenters. The van der Waals surface area contributed by atoms with Crippen LogP contribution in [0.25, 0.3) is 0 Å². The number of carbonyl (C=O) groups is 2. The largest absolute Gasteiger partial charge is 0.466 e. The van der Waals surface area contributed by atoms with Gasteiger partial charge >= 0.3 is 5.97 Å². The summed E-state index contributed by atoms with van der Waals surface area (Å²) in [5, 5.41) is 23.0. The van der Waals surface area contributed by atoms with Gasteiger partial charge in [-0.2, -0.15) is 0 Å². The van der Waals surface area contributed by atoms with E-state index in [1.165, 1.54) is 154 Å². The van der Waals surface area contributed by atoms with E-state index in [0.29, 0.717) is 19.4 Å². The minimum absolute atomic E-state index is 0.0252. The summed E-state index contributed by atoms with van der Waals surface area (Å²) in [5.74, 6) is -0.111. The number of hydrogen-bond donors (Lipinski definition) is 3. The van der Waals surface area contributed by atoms with Gasteiger partial charge in [-0.25, -0.2) is 0 Å². The number of aliphatic hydroxyl groups is 2. The summed E-state index contributed by atoms with van der Waals surface area (Å²) in [7, 11) is 0. The molecule has 0 fully saturated rings. The molecule has 0 saturated carbocycles. The SMILES string of the molecule is CCCCC/C=C\C/C=C\CCCCCCCCCC(=O)OCCCCC/C=C\C/C=C\CCCCCCCCCC(=O)NC(CO)C(O)/C=C/CCCCCCCCCCCCC. The lowest BCUT2D eigenvalue weighted by atomic mass is 10.0. The number of aliphatic hydroxyl groups excluding tert-OH is 2. The molecule has 0 spiro atoms. The summed E-state index contributed by atoms with van der Waals surface area (Å²) in [5.41, 5.74) is 0. The van der Waals surface area contributed by atoms with E-state index in [4.69, 9.17) is 4.74 Å². The van der Waals surface area contributed by atoms with Crippen LogP contribution in [-0.4, -0.2) is 47.4 Å². The van der Waals surface area contributed by atoms with Gasteiger partial charge in [0.05, 0.1) is 25.4 Å². The van der Waals surface area contributed by atoms with Gasteiger partial charge in [0.25, 0.3) is 0 Å². The normalized spacial score (nSPS) is 13.1. The zero-order chi connectivity index (χ0) is 46.5. The Morgan fingerprint density at radius 2 is 0.781 bits per heavy atom. The van der Waals surface area contributed by atoms with Crippen LogP contribution in [0.3, 0.4) is 0 Å². The van der Waals surface area contributed by atoms with Gasteiger partial charge in [0, 0.05) is 12.8 Å². The average Bonchev–Trinajstić information content (AvgIpc) is 3.29. The summed E-state index contributed by atoms with van der Waals surface area (Å²) in [6, 6.07) is -0.641. The van der Waals surface area contributed by atoms with E-state index in [2.05, 4.69) is 67.8 Å². The second-order valence-electron chi connectivity index (χ2n) is 18.5. The number of unbranched alkanes of at least 4 members (excludes halogenated alkanes) is 31. The second kappa shape index (κ2) is 53.2. The molecular formula is C58H105NO5. The van der Waals surface area contributed by atoms with Crippen molar-refractivity contribution in [2.75, 3.05) is 13.2 Å². The molecule has 2 atom stereocenters. The number of carbonyl (C=O) groups excluding carboxylic acids is 2. The number of allylic oxidation sites excluding steroid dienone is 9. The maximum Gasteiger partial charge on any atom is 0.305 e. The van der Waals surface area contributed by atoms with Crippen LogP contribution < -0.4 is 5.32 Å². The van der Waals surface area contributed by atoms with Gasteiger partial charge in [-0.1, -0.05) is 216 Å². The number of rotatable bonds is 50. The van der Waals surface area contributed by atoms with E-state index in [1.807, 2.05) is 6.08 Å². The quantitative estimate of drug-likeness (QED) is 0.0321. The van der Waals surface area contributed by atoms with Gasteiger partial charge < -0.3 is 20.3 Å². The molecule has 0 aliphatic heterocycles. The predicted molar refractivity (Wildman–Crippen MR) is 278 cm³/mol. The Morgan fingerprint density at radius 1 is 0.438 bits per heavy atom. The molecule has 6 nitrogen and oxygen atoms in total. The number of nitrogens with one attached hydrogen (secondary N) is 1. The van der Waals surface area contributed by atoms with Crippen molar-refractivity contribution in [2.45, 2.75) is 283 Å². The van der Waals surface area contributed by atoms with Gasteiger partial charge in [0.2, 0.25) is 5.91 Å². The summed E-state index contributed by atoms with van der Waals surface area (Å²) in [6.07, 6.45) is 68.0. The minimum atomic E-state index is -0.856. The molecule has 0 aromatic rings. The second-order valence-corrected chi connectivity index (χ2v) is 18.5. The lowest BCUT2D eigenvalue weighted by Gasteiger charge is -2.20. The van der Waals surface area contributed by atoms with Gasteiger partial charge in [-0.3, -0.25) is 9.59 Å². The summed E-state index contributed by atoms with van der Waals surface area (Å²) >= 11 is 0. The topological polar surface area (TPSA) is 95.9 Å². The monoisotopic (exact) mass is 896 g/mol. The Kier molecular flexibility index (Phi) is 51.2. The first-order valence-electron chi connectivity index (χ1n) is 27.6. The zero-order valence-electron chi connectivity index (χ0n) is 42.2. The smallest absolute Gasteiger partial charge is 0.305 e. The third-order valence-corrected chi connectivity index (χ3v) is 12.3. The number of hydrogen-bond acceptors (Lipinski definition) is 5. The Labute approximate surface area is 397 Å². The van der Waals surface area contributed by atoms with E-state index in [0.717, 1.165) is 89.9 Å². The highest BCUT2D eigenvalue weighted by Crippen LogP contribution is 2.15. The third-order valence-electron chi connectivity index (χ3n) is 12.3. The predicted octanol–water partition coefficient (Wildman–Crippen LogP) is 16.8. The first-order chi connectivity index (χ1) is 31.5.